The number of fused-ring (bicyclic) bond motifs is 3. The Morgan fingerprint density at radius 1 is 1.14 bits per heavy atom. The molecule has 2 heterocycles. The van der Waals surface area contributed by atoms with Crippen molar-refractivity contribution in [1.82, 2.24) is 14.9 Å². The zero-order valence-electron chi connectivity index (χ0n) is 17.0. The molecule has 1 fully saturated rings. The van der Waals surface area contributed by atoms with Crippen molar-refractivity contribution in [3.05, 3.63) is 15.7 Å². The summed E-state index contributed by atoms with van der Waals surface area (Å²) in [5.74, 6) is 1.20. The molecule has 0 N–H and O–H groups in total. The second kappa shape index (κ2) is 8.82. The zero-order valence-corrected chi connectivity index (χ0v) is 18.6. The smallest absolute Gasteiger partial charge is 0.227 e. The fraction of sp³-hybridized carbons (Fsp3) is 0.714. The summed E-state index contributed by atoms with van der Waals surface area (Å²) in [6.45, 7) is 3.62. The van der Waals surface area contributed by atoms with E-state index >= 15 is 0 Å². The lowest BCUT2D eigenvalue weighted by Gasteiger charge is -2.32. The summed E-state index contributed by atoms with van der Waals surface area (Å²) in [6.07, 6.45) is 8.00. The van der Waals surface area contributed by atoms with Crippen LogP contribution in [0.5, 0.6) is 5.88 Å². The number of hydrogen-bond acceptors (Lipinski definition) is 6. The van der Waals surface area contributed by atoms with Gasteiger partial charge in [0.05, 0.1) is 5.39 Å². The number of halogens is 1. The van der Waals surface area contributed by atoms with Crippen molar-refractivity contribution in [3.8, 4) is 5.88 Å². The van der Waals surface area contributed by atoms with Gasteiger partial charge in [-0.15, -0.1) is 11.3 Å². The van der Waals surface area contributed by atoms with Crippen molar-refractivity contribution in [2.75, 3.05) is 27.3 Å². The average Bonchev–Trinajstić information content (AvgIpc) is 3.21. The van der Waals surface area contributed by atoms with E-state index in [2.05, 4.69) is 29.0 Å². The third kappa shape index (κ3) is 4.16. The highest BCUT2D eigenvalue weighted by molar-refractivity contribution is 7.19. The predicted octanol–water partition coefficient (Wildman–Crippen LogP) is 5.05. The molecule has 0 aliphatic heterocycles. The lowest BCUT2D eigenvalue weighted by molar-refractivity contribution is 0.108. The number of rotatable bonds is 7. The Morgan fingerprint density at radius 2 is 1.93 bits per heavy atom. The first kappa shape index (κ1) is 20.3. The van der Waals surface area contributed by atoms with Crippen LogP contribution in [0.1, 0.15) is 61.8 Å². The predicted molar refractivity (Wildman–Crippen MR) is 115 cm³/mol. The summed E-state index contributed by atoms with van der Waals surface area (Å²) in [6, 6.07) is 0.655. The Kier molecular flexibility index (Phi) is 6.40. The van der Waals surface area contributed by atoms with E-state index in [1.54, 1.807) is 11.3 Å². The van der Waals surface area contributed by atoms with E-state index in [1.807, 2.05) is 6.92 Å². The van der Waals surface area contributed by atoms with Gasteiger partial charge >= 0.3 is 0 Å². The van der Waals surface area contributed by atoms with E-state index in [4.69, 9.17) is 21.1 Å². The number of ether oxygens (including phenoxy) is 2. The molecule has 2 aromatic heterocycles. The quantitative estimate of drug-likeness (QED) is 0.460. The van der Waals surface area contributed by atoms with Crippen molar-refractivity contribution < 1.29 is 9.47 Å². The molecule has 0 saturated heterocycles. The van der Waals surface area contributed by atoms with Crippen LogP contribution < -0.4 is 4.74 Å². The molecule has 2 aliphatic rings. The summed E-state index contributed by atoms with van der Waals surface area (Å²) in [5, 5.41) is 1.40. The SMILES string of the molecule is CCOCCC1CCc2sc3nc(Cl)nc(OC4CCC(N(C)C)CC4)c3c21. The third-order valence-electron chi connectivity index (χ3n) is 6.20. The number of aromatic nitrogens is 2. The van der Waals surface area contributed by atoms with Crippen LogP contribution in [0.2, 0.25) is 5.28 Å². The van der Waals surface area contributed by atoms with Gasteiger partial charge < -0.3 is 14.4 Å². The summed E-state index contributed by atoms with van der Waals surface area (Å²) in [4.78, 5) is 13.8. The maximum Gasteiger partial charge on any atom is 0.227 e. The molecule has 2 aliphatic carbocycles. The molecule has 28 heavy (non-hydrogen) atoms. The first-order valence-corrected chi connectivity index (χ1v) is 11.7. The van der Waals surface area contributed by atoms with Crippen molar-refractivity contribution in [1.29, 1.82) is 0 Å². The number of aryl methyl sites for hydroxylation is 1. The fourth-order valence-corrected chi connectivity index (χ4v) is 6.13. The van der Waals surface area contributed by atoms with E-state index in [1.165, 1.54) is 29.7 Å². The molecule has 1 atom stereocenters. The largest absolute Gasteiger partial charge is 0.474 e. The molecule has 4 rings (SSSR count). The van der Waals surface area contributed by atoms with E-state index in [9.17, 15) is 0 Å². The van der Waals surface area contributed by atoms with E-state index in [-0.39, 0.29) is 11.4 Å². The molecule has 0 aromatic carbocycles. The Labute approximate surface area is 176 Å². The first-order valence-electron chi connectivity index (χ1n) is 10.5. The van der Waals surface area contributed by atoms with Crippen molar-refractivity contribution in [3.63, 3.8) is 0 Å². The lowest BCUT2D eigenvalue weighted by Crippen LogP contribution is -2.35. The molecule has 7 heteroatoms. The van der Waals surface area contributed by atoms with Gasteiger partial charge in [-0.3, -0.25) is 0 Å². The number of thiophene rings is 1. The molecule has 2 aromatic rings. The molecule has 0 bridgehead atoms. The second-order valence-electron chi connectivity index (χ2n) is 8.15. The molecule has 1 unspecified atom stereocenters. The Balaban J connectivity index is 1.58. The van der Waals surface area contributed by atoms with Crippen LogP contribution in [-0.2, 0) is 11.2 Å². The number of nitrogens with zero attached hydrogens (tertiary/aromatic N) is 3. The van der Waals surface area contributed by atoms with Crippen LogP contribution in [0, 0.1) is 0 Å². The Bertz CT molecular complexity index is 818. The zero-order chi connectivity index (χ0) is 19.7. The van der Waals surface area contributed by atoms with Gasteiger partial charge in [-0.25, -0.2) is 4.98 Å². The van der Waals surface area contributed by atoms with Crippen molar-refractivity contribution in [2.45, 2.75) is 69.9 Å². The number of hydrogen-bond donors (Lipinski definition) is 0. The van der Waals surface area contributed by atoms with Crippen LogP contribution in [0.3, 0.4) is 0 Å². The molecule has 1 saturated carbocycles. The summed E-state index contributed by atoms with van der Waals surface area (Å²) in [7, 11) is 4.33. The topological polar surface area (TPSA) is 47.5 Å². The van der Waals surface area contributed by atoms with Gasteiger partial charge in [0.15, 0.2) is 0 Å². The lowest BCUT2D eigenvalue weighted by atomic mass is 9.92. The highest BCUT2D eigenvalue weighted by atomic mass is 35.5. The minimum Gasteiger partial charge on any atom is -0.474 e. The van der Waals surface area contributed by atoms with Gasteiger partial charge in [-0.05, 0) is 89.0 Å². The van der Waals surface area contributed by atoms with Gasteiger partial charge in [0.25, 0.3) is 0 Å². The Hall–Kier alpha value is -0.950. The van der Waals surface area contributed by atoms with Gasteiger partial charge in [0.1, 0.15) is 10.9 Å². The third-order valence-corrected chi connectivity index (χ3v) is 7.53. The van der Waals surface area contributed by atoms with E-state index in [0.717, 1.165) is 49.1 Å². The van der Waals surface area contributed by atoms with Crippen molar-refractivity contribution in [2.24, 2.45) is 0 Å². The van der Waals surface area contributed by atoms with Crippen LogP contribution in [0.15, 0.2) is 0 Å². The van der Waals surface area contributed by atoms with Crippen LogP contribution in [0.4, 0.5) is 0 Å². The maximum absolute atomic E-state index is 6.46. The highest BCUT2D eigenvalue weighted by Gasteiger charge is 2.32. The van der Waals surface area contributed by atoms with Crippen LogP contribution >= 0.6 is 22.9 Å². The minimum absolute atomic E-state index is 0.212. The van der Waals surface area contributed by atoms with Crippen LogP contribution in [-0.4, -0.2) is 54.3 Å². The standard InChI is InChI=1S/C21H30ClN3O2S/c1-4-26-12-11-13-5-10-16-17(13)18-19(23-21(22)24-20(18)28-16)27-15-8-6-14(7-9-15)25(2)3/h13-15H,4-12H2,1-3H3. The molecular weight excluding hydrogens is 394 g/mol. The van der Waals surface area contributed by atoms with Gasteiger partial charge in [0, 0.05) is 24.1 Å². The summed E-state index contributed by atoms with van der Waals surface area (Å²) >= 11 is 8.01. The van der Waals surface area contributed by atoms with Crippen molar-refractivity contribution >= 4 is 33.2 Å². The van der Waals surface area contributed by atoms with Gasteiger partial charge in [-0.2, -0.15) is 4.98 Å². The second-order valence-corrected chi connectivity index (χ2v) is 9.57. The van der Waals surface area contributed by atoms with Crippen LogP contribution in [0.25, 0.3) is 10.2 Å². The van der Waals surface area contributed by atoms with Gasteiger partial charge in [-0.1, -0.05) is 0 Å². The molecular formula is C21H30ClN3O2S. The molecule has 154 valence electrons. The average molecular weight is 424 g/mol. The summed E-state index contributed by atoms with van der Waals surface area (Å²) in [5.41, 5.74) is 1.40. The summed E-state index contributed by atoms with van der Waals surface area (Å²) < 4.78 is 12.1. The Morgan fingerprint density at radius 3 is 2.64 bits per heavy atom. The minimum atomic E-state index is 0.212. The van der Waals surface area contributed by atoms with E-state index < -0.39 is 0 Å². The normalized spacial score (nSPS) is 24.8. The van der Waals surface area contributed by atoms with E-state index in [0.29, 0.717) is 17.8 Å². The highest BCUT2D eigenvalue weighted by Crippen LogP contribution is 2.48. The molecule has 0 spiro atoms. The van der Waals surface area contributed by atoms with Gasteiger partial charge in [0.2, 0.25) is 11.2 Å². The molecule has 0 amide bonds. The monoisotopic (exact) mass is 423 g/mol. The molecule has 5 nitrogen and oxygen atoms in total. The molecule has 0 radical (unpaired) electrons. The first-order chi connectivity index (χ1) is 13.6. The fourth-order valence-electron chi connectivity index (χ4n) is 4.66. The maximum atomic E-state index is 6.46.